The van der Waals surface area contributed by atoms with Crippen molar-refractivity contribution in [3.8, 4) is 28.4 Å². The molecule has 0 spiro atoms. The second-order valence-electron chi connectivity index (χ2n) is 8.54. The van der Waals surface area contributed by atoms with Gasteiger partial charge < -0.3 is 9.47 Å². The Morgan fingerprint density at radius 1 is 0.865 bits per heavy atom. The first-order chi connectivity index (χ1) is 18.1. The molecule has 0 radical (unpaired) electrons. The van der Waals surface area contributed by atoms with Crippen molar-refractivity contribution >= 4 is 22.9 Å². The molecule has 0 aliphatic heterocycles. The summed E-state index contributed by atoms with van der Waals surface area (Å²) in [5, 5.41) is 11.0. The lowest BCUT2D eigenvalue weighted by Crippen LogP contribution is -2.18. The van der Waals surface area contributed by atoms with Gasteiger partial charge in [-0.2, -0.15) is 10.2 Å². The average molecular weight is 491 g/mol. The van der Waals surface area contributed by atoms with Gasteiger partial charge in [-0.3, -0.25) is 4.79 Å². The summed E-state index contributed by atoms with van der Waals surface area (Å²) in [4.78, 5) is 13.0. The molecule has 0 saturated heterocycles. The SMILES string of the molecule is COc1ccc(/C=N\NC(=O)c2cc(-c3ccc4ccccc4c3)n(-c3cccc(C)c3)n2)cc1OC. The van der Waals surface area contributed by atoms with Gasteiger partial charge in [0, 0.05) is 5.56 Å². The van der Waals surface area contributed by atoms with E-state index in [0.29, 0.717) is 11.5 Å². The van der Waals surface area contributed by atoms with E-state index < -0.39 is 5.91 Å². The Labute approximate surface area is 215 Å². The zero-order valence-corrected chi connectivity index (χ0v) is 20.8. The fourth-order valence-electron chi connectivity index (χ4n) is 4.16. The molecule has 1 N–H and O–H groups in total. The fourth-order valence-corrected chi connectivity index (χ4v) is 4.16. The first kappa shape index (κ1) is 23.8. The highest BCUT2D eigenvalue weighted by atomic mass is 16.5. The number of aromatic nitrogens is 2. The maximum atomic E-state index is 13.0. The van der Waals surface area contributed by atoms with Gasteiger partial charge in [-0.05, 0) is 71.3 Å². The summed E-state index contributed by atoms with van der Waals surface area (Å²) < 4.78 is 12.4. The molecule has 0 aliphatic carbocycles. The van der Waals surface area contributed by atoms with Crippen LogP contribution >= 0.6 is 0 Å². The third-order valence-corrected chi connectivity index (χ3v) is 6.02. The summed E-state index contributed by atoms with van der Waals surface area (Å²) in [6.07, 6.45) is 1.54. The summed E-state index contributed by atoms with van der Waals surface area (Å²) in [6, 6.07) is 29.6. The second kappa shape index (κ2) is 10.4. The van der Waals surface area contributed by atoms with Crippen LogP contribution in [0.2, 0.25) is 0 Å². The topological polar surface area (TPSA) is 77.7 Å². The molecule has 37 heavy (non-hydrogen) atoms. The summed E-state index contributed by atoms with van der Waals surface area (Å²) in [5.74, 6) is 0.784. The molecule has 5 aromatic rings. The minimum Gasteiger partial charge on any atom is -0.493 e. The molecule has 0 saturated carbocycles. The summed E-state index contributed by atoms with van der Waals surface area (Å²) in [7, 11) is 3.14. The highest BCUT2D eigenvalue weighted by Crippen LogP contribution is 2.28. The molecule has 0 fully saturated rings. The lowest BCUT2D eigenvalue weighted by molar-refractivity contribution is 0.0949. The van der Waals surface area contributed by atoms with Gasteiger partial charge in [0.1, 0.15) is 0 Å². The minimum atomic E-state index is -0.412. The van der Waals surface area contributed by atoms with E-state index in [1.807, 2.05) is 55.5 Å². The number of nitrogens with one attached hydrogen (secondary N) is 1. The molecule has 7 nitrogen and oxygen atoms in total. The van der Waals surface area contributed by atoms with Crippen LogP contribution in [0, 0.1) is 6.92 Å². The molecule has 5 rings (SSSR count). The highest BCUT2D eigenvalue weighted by molar-refractivity contribution is 5.95. The smallest absolute Gasteiger partial charge is 0.291 e. The van der Waals surface area contributed by atoms with Crippen molar-refractivity contribution in [2.24, 2.45) is 5.10 Å². The lowest BCUT2D eigenvalue weighted by atomic mass is 10.0. The van der Waals surface area contributed by atoms with Crippen LogP contribution in [0.15, 0.2) is 96.1 Å². The van der Waals surface area contributed by atoms with Crippen LogP contribution in [0.4, 0.5) is 0 Å². The number of rotatable bonds is 7. The van der Waals surface area contributed by atoms with E-state index in [4.69, 9.17) is 9.47 Å². The largest absolute Gasteiger partial charge is 0.493 e. The number of carbonyl (C=O) groups is 1. The summed E-state index contributed by atoms with van der Waals surface area (Å²) in [6.45, 7) is 2.03. The van der Waals surface area contributed by atoms with E-state index in [1.165, 1.54) is 0 Å². The quantitative estimate of drug-likeness (QED) is 0.232. The Morgan fingerprint density at radius 2 is 1.68 bits per heavy atom. The molecule has 7 heteroatoms. The van der Waals surface area contributed by atoms with Gasteiger partial charge in [-0.1, -0.05) is 48.5 Å². The van der Waals surface area contributed by atoms with Crippen LogP contribution < -0.4 is 14.9 Å². The molecule has 0 unspecified atom stereocenters. The third kappa shape index (κ3) is 5.06. The molecule has 0 atom stereocenters. The first-order valence-electron chi connectivity index (χ1n) is 11.8. The van der Waals surface area contributed by atoms with Crippen LogP contribution in [0.3, 0.4) is 0 Å². The van der Waals surface area contributed by atoms with Crippen molar-refractivity contribution in [3.05, 3.63) is 108 Å². The minimum absolute atomic E-state index is 0.258. The van der Waals surface area contributed by atoms with Gasteiger partial charge in [-0.15, -0.1) is 0 Å². The van der Waals surface area contributed by atoms with E-state index in [2.05, 4.69) is 39.9 Å². The van der Waals surface area contributed by atoms with Crippen molar-refractivity contribution in [2.75, 3.05) is 14.2 Å². The van der Waals surface area contributed by atoms with Crippen molar-refractivity contribution in [1.82, 2.24) is 15.2 Å². The Bertz CT molecular complexity index is 1620. The van der Waals surface area contributed by atoms with Gasteiger partial charge in [0.05, 0.1) is 31.8 Å². The highest BCUT2D eigenvalue weighted by Gasteiger charge is 2.17. The molecule has 0 aliphatic rings. The van der Waals surface area contributed by atoms with Crippen molar-refractivity contribution < 1.29 is 14.3 Å². The molecule has 1 heterocycles. The average Bonchev–Trinajstić information content (AvgIpc) is 3.38. The number of hydrazone groups is 1. The molecular weight excluding hydrogens is 464 g/mol. The van der Waals surface area contributed by atoms with Crippen LogP contribution in [0.25, 0.3) is 27.7 Å². The summed E-state index contributed by atoms with van der Waals surface area (Å²) >= 11 is 0. The lowest BCUT2D eigenvalue weighted by Gasteiger charge is -2.09. The predicted molar refractivity (Wildman–Crippen MR) is 146 cm³/mol. The van der Waals surface area contributed by atoms with Crippen LogP contribution in [0.5, 0.6) is 11.5 Å². The Kier molecular flexibility index (Phi) is 6.68. The van der Waals surface area contributed by atoms with E-state index >= 15 is 0 Å². The zero-order valence-electron chi connectivity index (χ0n) is 20.8. The predicted octanol–water partition coefficient (Wildman–Crippen LogP) is 5.78. The van der Waals surface area contributed by atoms with Gasteiger partial charge in [0.2, 0.25) is 0 Å². The standard InChI is InChI=1S/C30H26N4O3/c1-20-7-6-10-25(15-20)34-27(24-13-12-22-8-4-5-9-23(22)17-24)18-26(33-34)30(35)32-31-19-21-11-14-28(36-2)29(16-21)37-3/h4-19H,1-3H3,(H,32,35)/b31-19-. The second-order valence-corrected chi connectivity index (χ2v) is 8.54. The number of ether oxygens (including phenoxy) is 2. The zero-order chi connectivity index (χ0) is 25.8. The monoisotopic (exact) mass is 490 g/mol. The Balaban J connectivity index is 1.46. The van der Waals surface area contributed by atoms with Crippen LogP contribution in [-0.4, -0.2) is 36.1 Å². The molecule has 4 aromatic carbocycles. The van der Waals surface area contributed by atoms with E-state index in [-0.39, 0.29) is 5.69 Å². The Hall–Kier alpha value is -4.91. The number of aryl methyl sites for hydroxylation is 1. The molecule has 1 aromatic heterocycles. The number of methoxy groups -OCH3 is 2. The molecular formula is C30H26N4O3. The van der Waals surface area contributed by atoms with E-state index in [9.17, 15) is 4.79 Å². The van der Waals surface area contributed by atoms with Crippen molar-refractivity contribution in [3.63, 3.8) is 0 Å². The third-order valence-electron chi connectivity index (χ3n) is 6.02. The van der Waals surface area contributed by atoms with Gasteiger partial charge >= 0.3 is 0 Å². The van der Waals surface area contributed by atoms with Gasteiger partial charge in [0.15, 0.2) is 17.2 Å². The molecule has 0 bridgehead atoms. The van der Waals surface area contributed by atoms with Crippen LogP contribution in [0.1, 0.15) is 21.6 Å². The number of carbonyl (C=O) groups excluding carboxylic acids is 1. The number of benzene rings is 4. The Morgan fingerprint density at radius 3 is 2.46 bits per heavy atom. The molecule has 184 valence electrons. The number of nitrogens with zero attached hydrogens (tertiary/aromatic N) is 3. The number of fused-ring (bicyclic) bond motifs is 1. The van der Waals surface area contributed by atoms with Crippen molar-refractivity contribution in [2.45, 2.75) is 6.92 Å². The maximum absolute atomic E-state index is 13.0. The van der Waals surface area contributed by atoms with Crippen molar-refractivity contribution in [1.29, 1.82) is 0 Å². The van der Waals surface area contributed by atoms with Gasteiger partial charge in [-0.25, -0.2) is 10.1 Å². The number of hydrogen-bond acceptors (Lipinski definition) is 5. The van der Waals surface area contributed by atoms with E-state index in [1.54, 1.807) is 43.3 Å². The maximum Gasteiger partial charge on any atom is 0.291 e. The number of amides is 1. The normalized spacial score (nSPS) is 11.1. The number of hydrogen-bond donors (Lipinski definition) is 1. The van der Waals surface area contributed by atoms with E-state index in [0.717, 1.165) is 38.8 Å². The van der Waals surface area contributed by atoms with Crippen LogP contribution in [-0.2, 0) is 0 Å². The molecule has 1 amide bonds. The first-order valence-corrected chi connectivity index (χ1v) is 11.8. The summed E-state index contributed by atoms with van der Waals surface area (Å²) in [5.41, 5.74) is 7.33. The fraction of sp³-hybridized carbons (Fsp3) is 0.100. The van der Waals surface area contributed by atoms with Gasteiger partial charge in [0.25, 0.3) is 5.91 Å².